The Hall–Kier alpha value is -1.79. The Morgan fingerprint density at radius 3 is 1.97 bits per heavy atom. The van der Waals surface area contributed by atoms with E-state index in [1.54, 1.807) is 19.9 Å². The molecule has 0 saturated carbocycles. The molecule has 0 unspecified atom stereocenters. The summed E-state index contributed by atoms with van der Waals surface area (Å²) in [6.07, 6.45) is 1.49. The van der Waals surface area contributed by atoms with Crippen molar-refractivity contribution >= 4 is 48.6 Å². The van der Waals surface area contributed by atoms with Crippen LogP contribution in [-0.2, 0) is 23.5 Å². The molecule has 0 atom stereocenters. The van der Waals surface area contributed by atoms with E-state index in [4.69, 9.17) is 13.9 Å². The van der Waals surface area contributed by atoms with Crippen LogP contribution < -0.4 is 0 Å². The molecule has 5 nitrogen and oxygen atoms in total. The summed E-state index contributed by atoms with van der Waals surface area (Å²) in [6.45, 7) is 14.3. The summed E-state index contributed by atoms with van der Waals surface area (Å²) >= 11 is 1.88. The molecule has 0 bridgehead atoms. The molecular weight excluding hydrogens is 523 g/mol. The van der Waals surface area contributed by atoms with Crippen LogP contribution in [0.2, 0.25) is 18.1 Å². The van der Waals surface area contributed by atoms with Crippen LogP contribution in [0, 0.1) is 15.3 Å². The number of hydrogen-bond acceptors (Lipinski definition) is 5. The number of carbonyl (C=O) groups excluding carboxylic acids is 2. The van der Waals surface area contributed by atoms with Gasteiger partial charge in [-0.3, -0.25) is 9.59 Å². The van der Waals surface area contributed by atoms with E-state index in [0.717, 1.165) is 5.56 Å². The maximum absolute atomic E-state index is 13.1. The summed E-state index contributed by atoms with van der Waals surface area (Å²) in [5, 5.41) is -0.0839. The van der Waals surface area contributed by atoms with Crippen LogP contribution in [-0.4, -0.2) is 33.5 Å². The molecule has 170 valence electrons. The lowest BCUT2D eigenvalue weighted by atomic mass is 9.83. The highest BCUT2D eigenvalue weighted by Gasteiger charge is 2.48. The highest BCUT2D eigenvalue weighted by Crippen LogP contribution is 2.41. The van der Waals surface area contributed by atoms with E-state index < -0.39 is 25.7 Å². The molecule has 0 fully saturated rings. The SMILES string of the molecule is CCOC(=O)C(/C=C(\O[Si](C)(C)C(C)(C)C)c1ccccc1)(CC#CI)C(=O)OCC. The molecule has 0 amide bonds. The zero-order valence-corrected chi connectivity index (χ0v) is 22.7. The van der Waals surface area contributed by atoms with Crippen molar-refractivity contribution in [2.45, 2.75) is 59.2 Å². The topological polar surface area (TPSA) is 61.8 Å². The normalized spacial score (nSPS) is 12.5. The molecule has 0 aromatic heterocycles. The molecule has 0 aliphatic heterocycles. The Balaban J connectivity index is 3.80. The largest absolute Gasteiger partial charge is 0.543 e. The van der Waals surface area contributed by atoms with Gasteiger partial charge in [0.2, 0.25) is 8.32 Å². The van der Waals surface area contributed by atoms with Gasteiger partial charge < -0.3 is 13.9 Å². The van der Waals surface area contributed by atoms with Crippen LogP contribution in [0.3, 0.4) is 0 Å². The number of benzene rings is 1. The number of carbonyl (C=O) groups is 2. The smallest absolute Gasteiger partial charge is 0.328 e. The van der Waals surface area contributed by atoms with Crippen molar-refractivity contribution < 1.29 is 23.5 Å². The minimum Gasteiger partial charge on any atom is -0.543 e. The Labute approximate surface area is 201 Å². The molecule has 0 spiro atoms. The molecular formula is C24H33IO5Si. The standard InChI is InChI=1S/C24H33IO5Si/c1-8-28-21(26)24(16-13-17-25,22(27)29-9-2)18-20(19-14-11-10-12-15-19)30-31(6,7)23(3,4)5/h10-12,14-15,18H,8-9,16H2,1-7H3/b20-18-. The summed E-state index contributed by atoms with van der Waals surface area (Å²) in [5.41, 5.74) is -0.953. The summed E-state index contributed by atoms with van der Waals surface area (Å²) in [4.78, 5) is 26.3. The van der Waals surface area contributed by atoms with Gasteiger partial charge in [-0.1, -0.05) is 57.0 Å². The predicted octanol–water partition coefficient (Wildman–Crippen LogP) is 5.95. The Morgan fingerprint density at radius 2 is 1.55 bits per heavy atom. The van der Waals surface area contributed by atoms with Crippen LogP contribution in [0.5, 0.6) is 0 Å². The average molecular weight is 557 g/mol. The third-order valence-electron chi connectivity index (χ3n) is 5.32. The van der Waals surface area contributed by atoms with Crippen molar-refractivity contribution in [3.05, 3.63) is 42.0 Å². The van der Waals surface area contributed by atoms with Crippen LogP contribution in [0.15, 0.2) is 36.4 Å². The van der Waals surface area contributed by atoms with Gasteiger partial charge in [0.25, 0.3) is 0 Å². The molecule has 1 aromatic carbocycles. The van der Waals surface area contributed by atoms with Gasteiger partial charge >= 0.3 is 11.9 Å². The van der Waals surface area contributed by atoms with Crippen LogP contribution in [0.25, 0.3) is 5.76 Å². The lowest BCUT2D eigenvalue weighted by Gasteiger charge is -2.38. The fourth-order valence-electron chi connectivity index (χ4n) is 2.52. The van der Waals surface area contributed by atoms with Gasteiger partial charge in [-0.25, -0.2) is 0 Å². The second kappa shape index (κ2) is 11.7. The van der Waals surface area contributed by atoms with E-state index in [1.165, 1.54) is 0 Å². The summed E-state index contributed by atoms with van der Waals surface area (Å²) in [5.74, 6) is 1.94. The second-order valence-electron chi connectivity index (χ2n) is 8.60. The monoisotopic (exact) mass is 556 g/mol. The van der Waals surface area contributed by atoms with Crippen molar-refractivity contribution in [2.75, 3.05) is 13.2 Å². The van der Waals surface area contributed by atoms with E-state index in [1.807, 2.05) is 52.9 Å². The Bertz CT molecular complexity index is 826. The third-order valence-corrected chi connectivity index (χ3v) is 10.0. The first-order chi connectivity index (χ1) is 14.4. The fourth-order valence-corrected chi connectivity index (χ4v) is 3.74. The molecule has 0 N–H and O–H groups in total. The fraction of sp³-hybridized carbons (Fsp3) is 0.500. The Kier molecular flexibility index (Phi) is 10.3. The van der Waals surface area contributed by atoms with Gasteiger partial charge in [0.15, 0.2) is 5.41 Å². The first kappa shape index (κ1) is 27.2. The maximum Gasteiger partial charge on any atom is 0.328 e. The van der Waals surface area contributed by atoms with Crippen molar-refractivity contribution in [2.24, 2.45) is 5.41 Å². The minimum absolute atomic E-state index is 0.0647. The van der Waals surface area contributed by atoms with E-state index in [9.17, 15) is 9.59 Å². The van der Waals surface area contributed by atoms with Crippen molar-refractivity contribution in [3.63, 3.8) is 0 Å². The van der Waals surface area contributed by atoms with Gasteiger partial charge in [0, 0.05) is 34.6 Å². The average Bonchev–Trinajstić information content (AvgIpc) is 2.70. The van der Waals surface area contributed by atoms with E-state index >= 15 is 0 Å². The predicted molar refractivity (Wildman–Crippen MR) is 135 cm³/mol. The molecule has 1 aromatic rings. The number of esters is 2. The molecule has 0 aliphatic rings. The van der Waals surface area contributed by atoms with Gasteiger partial charge in [0.05, 0.1) is 13.2 Å². The molecule has 0 radical (unpaired) electrons. The number of hydrogen-bond donors (Lipinski definition) is 0. The van der Waals surface area contributed by atoms with E-state index in [0.29, 0.717) is 5.76 Å². The van der Waals surface area contributed by atoms with Gasteiger partial charge in [-0.05, 0) is 42.0 Å². The zero-order valence-electron chi connectivity index (χ0n) is 19.5. The van der Waals surface area contributed by atoms with Gasteiger partial charge in [-0.2, -0.15) is 0 Å². The van der Waals surface area contributed by atoms with Crippen molar-refractivity contribution in [1.82, 2.24) is 0 Å². The molecule has 0 saturated heterocycles. The highest BCUT2D eigenvalue weighted by molar-refractivity contribution is 14.1. The van der Waals surface area contributed by atoms with Crippen molar-refractivity contribution in [3.8, 4) is 9.85 Å². The molecule has 1 rings (SSSR count). The highest BCUT2D eigenvalue weighted by atomic mass is 127. The Morgan fingerprint density at radius 1 is 1.03 bits per heavy atom. The molecule has 7 heteroatoms. The molecule has 0 aliphatic carbocycles. The van der Waals surface area contributed by atoms with Crippen LogP contribution in [0.1, 0.15) is 46.6 Å². The van der Waals surface area contributed by atoms with Gasteiger partial charge in [-0.15, -0.1) is 0 Å². The van der Waals surface area contributed by atoms with Crippen LogP contribution >= 0.6 is 22.6 Å². The zero-order chi connectivity index (χ0) is 23.7. The van der Waals surface area contributed by atoms with E-state index in [2.05, 4.69) is 43.7 Å². The summed E-state index contributed by atoms with van der Waals surface area (Å²) in [6, 6.07) is 9.46. The summed E-state index contributed by atoms with van der Waals surface area (Å²) in [7, 11) is -2.30. The first-order valence-corrected chi connectivity index (χ1v) is 14.3. The number of halogens is 1. The summed E-state index contributed by atoms with van der Waals surface area (Å²) < 4.78 is 20.0. The first-order valence-electron chi connectivity index (χ1n) is 10.4. The lowest BCUT2D eigenvalue weighted by molar-refractivity contribution is -0.167. The van der Waals surface area contributed by atoms with E-state index in [-0.39, 0.29) is 24.7 Å². The second-order valence-corrected chi connectivity index (χ2v) is 13.9. The van der Waals surface area contributed by atoms with Gasteiger partial charge in [0.1, 0.15) is 5.76 Å². The molecule has 0 heterocycles. The number of rotatable bonds is 9. The van der Waals surface area contributed by atoms with Crippen LogP contribution in [0.4, 0.5) is 0 Å². The third kappa shape index (κ3) is 7.11. The lowest BCUT2D eigenvalue weighted by Crippen LogP contribution is -2.43. The minimum atomic E-state index is -2.30. The van der Waals surface area contributed by atoms with Crippen molar-refractivity contribution in [1.29, 1.82) is 0 Å². The maximum atomic E-state index is 13.1. The molecule has 31 heavy (non-hydrogen) atoms. The number of ether oxygens (including phenoxy) is 2. The quantitative estimate of drug-likeness (QED) is 0.0940.